The van der Waals surface area contributed by atoms with Gasteiger partial charge in [0.25, 0.3) is 5.91 Å². The summed E-state index contributed by atoms with van der Waals surface area (Å²) >= 11 is 1.61. The molecular weight excluding hydrogens is 418 g/mol. The summed E-state index contributed by atoms with van der Waals surface area (Å²) in [6.45, 7) is 6.34. The van der Waals surface area contributed by atoms with Crippen molar-refractivity contribution in [3.05, 3.63) is 56.3 Å². The van der Waals surface area contributed by atoms with Crippen molar-refractivity contribution in [2.75, 3.05) is 40.0 Å². The molecule has 1 saturated heterocycles. The Labute approximate surface area is 184 Å². The number of ether oxygens (including phenoxy) is 2. The second-order valence-electron chi connectivity index (χ2n) is 7.57. The number of hydrogen-bond donors (Lipinski definition) is 0. The number of carbonyl (C=O) groups is 1. The predicted molar refractivity (Wildman–Crippen MR) is 117 cm³/mol. The highest BCUT2D eigenvalue weighted by molar-refractivity contribution is 7.09. The Balaban J connectivity index is 1.31. The van der Waals surface area contributed by atoms with Gasteiger partial charge in [-0.1, -0.05) is 0 Å². The number of amides is 1. The summed E-state index contributed by atoms with van der Waals surface area (Å²) in [5, 5.41) is 3.88. The molecule has 0 saturated carbocycles. The van der Waals surface area contributed by atoms with Gasteiger partial charge in [-0.05, 0) is 24.6 Å². The zero-order chi connectivity index (χ0) is 21.8. The largest absolute Gasteiger partial charge is 0.484 e. The fourth-order valence-corrected chi connectivity index (χ4v) is 4.25. The van der Waals surface area contributed by atoms with E-state index in [2.05, 4.69) is 9.88 Å². The van der Waals surface area contributed by atoms with Gasteiger partial charge in [-0.2, -0.15) is 0 Å². The number of morpholine rings is 1. The Bertz CT molecular complexity index is 1120. The molecule has 3 aromatic rings. The number of aryl methyl sites for hydroxylation is 1. The average molecular weight is 444 g/mol. The summed E-state index contributed by atoms with van der Waals surface area (Å²) in [5.74, 6) is 0.318. The minimum atomic E-state index is -0.408. The number of carbonyl (C=O) groups excluding carboxylic acids is 1. The number of benzene rings is 1. The molecule has 1 aliphatic heterocycles. The van der Waals surface area contributed by atoms with Crippen LogP contribution in [0.15, 0.2) is 38.9 Å². The van der Waals surface area contributed by atoms with Crippen molar-refractivity contribution in [1.82, 2.24) is 14.8 Å². The maximum atomic E-state index is 12.5. The third-order valence-corrected chi connectivity index (χ3v) is 6.05. The minimum Gasteiger partial charge on any atom is -0.484 e. The number of nitrogens with zero attached hydrogens (tertiary/aromatic N) is 3. The quantitative estimate of drug-likeness (QED) is 0.519. The van der Waals surface area contributed by atoms with Crippen molar-refractivity contribution < 1.29 is 18.7 Å². The van der Waals surface area contributed by atoms with E-state index in [1.807, 2.05) is 18.4 Å². The first-order chi connectivity index (χ1) is 15.0. The molecule has 0 radical (unpaired) electrons. The van der Waals surface area contributed by atoms with Crippen LogP contribution in [0.1, 0.15) is 16.3 Å². The molecule has 1 amide bonds. The van der Waals surface area contributed by atoms with Gasteiger partial charge in [0, 0.05) is 43.0 Å². The molecule has 1 fully saturated rings. The van der Waals surface area contributed by atoms with Crippen LogP contribution in [0.25, 0.3) is 11.0 Å². The second-order valence-corrected chi connectivity index (χ2v) is 8.51. The van der Waals surface area contributed by atoms with Crippen LogP contribution in [0.4, 0.5) is 0 Å². The van der Waals surface area contributed by atoms with Crippen LogP contribution in [-0.2, 0) is 22.6 Å². The van der Waals surface area contributed by atoms with E-state index in [0.29, 0.717) is 17.9 Å². The van der Waals surface area contributed by atoms with Crippen molar-refractivity contribution in [3.63, 3.8) is 0 Å². The van der Waals surface area contributed by atoms with Crippen molar-refractivity contribution in [3.8, 4) is 5.75 Å². The SMILES string of the molecule is Cc1cc(=O)oc2cc(OCC(=O)N(C)Cc3csc(CN4CCOCC4)n3)ccc12. The number of aromatic nitrogens is 1. The topological polar surface area (TPSA) is 85.1 Å². The van der Waals surface area contributed by atoms with E-state index >= 15 is 0 Å². The summed E-state index contributed by atoms with van der Waals surface area (Å²) in [7, 11) is 1.73. The molecule has 9 heteroatoms. The Morgan fingerprint density at radius 2 is 2.10 bits per heavy atom. The Morgan fingerprint density at radius 3 is 2.90 bits per heavy atom. The first kappa shape index (κ1) is 21.5. The first-order valence-corrected chi connectivity index (χ1v) is 11.0. The minimum absolute atomic E-state index is 0.108. The smallest absolute Gasteiger partial charge is 0.336 e. The summed E-state index contributed by atoms with van der Waals surface area (Å²) in [6, 6.07) is 6.67. The van der Waals surface area contributed by atoms with Gasteiger partial charge >= 0.3 is 5.63 Å². The van der Waals surface area contributed by atoms with E-state index in [-0.39, 0.29) is 12.5 Å². The fraction of sp³-hybridized carbons (Fsp3) is 0.409. The van der Waals surface area contributed by atoms with Crippen molar-refractivity contribution >= 4 is 28.2 Å². The third kappa shape index (κ3) is 5.49. The van der Waals surface area contributed by atoms with Gasteiger partial charge in [0.05, 0.1) is 32.0 Å². The van der Waals surface area contributed by atoms with Crippen molar-refractivity contribution in [2.24, 2.45) is 0 Å². The van der Waals surface area contributed by atoms with E-state index in [1.54, 1.807) is 35.4 Å². The Kier molecular flexibility index (Phi) is 6.64. The maximum absolute atomic E-state index is 12.5. The lowest BCUT2D eigenvalue weighted by Gasteiger charge is -2.25. The van der Waals surface area contributed by atoms with Gasteiger partial charge in [0.15, 0.2) is 6.61 Å². The van der Waals surface area contributed by atoms with Crippen LogP contribution in [0, 0.1) is 6.92 Å². The fourth-order valence-electron chi connectivity index (χ4n) is 3.43. The van der Waals surface area contributed by atoms with Crippen LogP contribution in [0.5, 0.6) is 5.75 Å². The normalized spacial score (nSPS) is 14.6. The van der Waals surface area contributed by atoms with Crippen LogP contribution < -0.4 is 10.4 Å². The van der Waals surface area contributed by atoms with Gasteiger partial charge in [0.1, 0.15) is 16.3 Å². The molecule has 0 N–H and O–H groups in total. The molecular formula is C22H25N3O5S. The number of fused-ring (bicyclic) bond motifs is 1. The molecule has 0 aliphatic carbocycles. The molecule has 1 aliphatic rings. The monoisotopic (exact) mass is 443 g/mol. The van der Waals surface area contributed by atoms with Gasteiger partial charge in [0.2, 0.25) is 0 Å². The van der Waals surface area contributed by atoms with Crippen molar-refractivity contribution in [2.45, 2.75) is 20.0 Å². The molecule has 2 aromatic heterocycles. The van der Waals surface area contributed by atoms with Gasteiger partial charge in [-0.25, -0.2) is 9.78 Å². The standard InChI is InChI=1S/C22H25N3O5S/c1-15-9-22(27)30-19-10-17(3-4-18(15)19)29-13-21(26)24(2)11-16-14-31-20(23-16)12-25-5-7-28-8-6-25/h3-4,9-10,14H,5-8,11-13H2,1-2H3. The molecule has 4 rings (SSSR count). The lowest BCUT2D eigenvalue weighted by atomic mass is 10.1. The van der Waals surface area contributed by atoms with Crippen LogP contribution in [0.2, 0.25) is 0 Å². The Hall–Kier alpha value is -2.75. The molecule has 0 atom stereocenters. The Morgan fingerprint density at radius 1 is 1.29 bits per heavy atom. The summed E-state index contributed by atoms with van der Waals surface area (Å²) < 4.78 is 16.2. The van der Waals surface area contributed by atoms with Crippen molar-refractivity contribution in [1.29, 1.82) is 0 Å². The first-order valence-electron chi connectivity index (χ1n) is 10.1. The average Bonchev–Trinajstić information content (AvgIpc) is 3.18. The summed E-state index contributed by atoms with van der Waals surface area (Å²) in [4.78, 5) is 32.6. The van der Waals surface area contributed by atoms with E-state index in [4.69, 9.17) is 13.9 Å². The zero-order valence-corrected chi connectivity index (χ0v) is 18.4. The lowest BCUT2D eigenvalue weighted by molar-refractivity contribution is -0.132. The number of hydrogen-bond acceptors (Lipinski definition) is 8. The van der Waals surface area contributed by atoms with Crippen LogP contribution in [0.3, 0.4) is 0 Å². The molecule has 164 valence electrons. The number of thiazole rings is 1. The van der Waals surface area contributed by atoms with Gasteiger partial charge in [-0.15, -0.1) is 11.3 Å². The second kappa shape index (κ2) is 9.59. The van der Waals surface area contributed by atoms with Crippen LogP contribution >= 0.6 is 11.3 Å². The summed E-state index contributed by atoms with van der Waals surface area (Å²) in [5.41, 5.74) is 1.74. The van der Waals surface area contributed by atoms with E-state index in [0.717, 1.165) is 54.5 Å². The van der Waals surface area contributed by atoms with E-state index < -0.39 is 5.63 Å². The maximum Gasteiger partial charge on any atom is 0.336 e. The highest BCUT2D eigenvalue weighted by Gasteiger charge is 2.15. The highest BCUT2D eigenvalue weighted by atomic mass is 32.1. The van der Waals surface area contributed by atoms with E-state index in [1.165, 1.54) is 6.07 Å². The molecule has 1 aromatic carbocycles. The molecule has 3 heterocycles. The third-order valence-electron chi connectivity index (χ3n) is 5.17. The lowest BCUT2D eigenvalue weighted by Crippen LogP contribution is -2.35. The zero-order valence-electron chi connectivity index (χ0n) is 17.6. The molecule has 0 bridgehead atoms. The van der Waals surface area contributed by atoms with E-state index in [9.17, 15) is 9.59 Å². The van der Waals surface area contributed by atoms with Gasteiger partial charge < -0.3 is 18.8 Å². The predicted octanol–water partition coefficient (Wildman–Crippen LogP) is 2.43. The molecule has 31 heavy (non-hydrogen) atoms. The van der Waals surface area contributed by atoms with Crippen LogP contribution in [-0.4, -0.2) is 60.6 Å². The summed E-state index contributed by atoms with van der Waals surface area (Å²) in [6.07, 6.45) is 0. The molecule has 0 unspecified atom stereocenters. The van der Waals surface area contributed by atoms with Gasteiger partial charge in [-0.3, -0.25) is 9.69 Å². The number of rotatable bonds is 7. The molecule has 0 spiro atoms. The molecule has 8 nitrogen and oxygen atoms in total. The highest BCUT2D eigenvalue weighted by Crippen LogP contribution is 2.22. The number of likely N-dealkylation sites (N-methyl/N-ethyl adjacent to an activating group) is 1.